The minimum Gasteiger partial charge on any atom is -0.497 e. The van der Waals surface area contributed by atoms with Crippen molar-refractivity contribution in [2.75, 3.05) is 12.5 Å². The molecule has 0 bridgehead atoms. The van der Waals surface area contributed by atoms with E-state index in [9.17, 15) is 4.79 Å². The summed E-state index contributed by atoms with van der Waals surface area (Å²) in [6.07, 6.45) is 0.794. The van der Waals surface area contributed by atoms with Crippen molar-refractivity contribution in [3.63, 3.8) is 0 Å². The van der Waals surface area contributed by atoms with E-state index in [1.54, 1.807) is 13.2 Å². The molecule has 0 fully saturated rings. The Balaban J connectivity index is 2.01. The Kier molecular flexibility index (Phi) is 4.75. The van der Waals surface area contributed by atoms with Gasteiger partial charge >= 0.3 is 0 Å². The molecule has 0 saturated heterocycles. The quantitative estimate of drug-likeness (QED) is 0.642. The van der Waals surface area contributed by atoms with Gasteiger partial charge in [-0.1, -0.05) is 30.3 Å². The Bertz CT molecular complexity index is 900. The number of nitrogens with zero attached hydrogens (tertiary/aromatic N) is 2. The first-order valence-corrected chi connectivity index (χ1v) is 8.36. The Morgan fingerprint density at radius 3 is 2.73 bits per heavy atom. The van der Waals surface area contributed by atoms with Crippen molar-refractivity contribution in [1.82, 2.24) is 0 Å². The van der Waals surface area contributed by atoms with Crippen LogP contribution in [-0.2, 0) is 11.2 Å². The van der Waals surface area contributed by atoms with Crippen molar-refractivity contribution < 1.29 is 9.53 Å². The number of hydrogen-bond donors (Lipinski definition) is 2. The van der Waals surface area contributed by atoms with Crippen LogP contribution >= 0.6 is 0 Å². The maximum Gasteiger partial charge on any atom is 0.271 e. The number of hydrazone groups is 1. The number of nitrogens with two attached hydrogens (primary N) is 1. The van der Waals surface area contributed by atoms with Gasteiger partial charge in [0.1, 0.15) is 5.75 Å². The molecule has 2 aromatic carbocycles. The van der Waals surface area contributed by atoms with E-state index in [1.165, 1.54) is 0 Å². The summed E-state index contributed by atoms with van der Waals surface area (Å²) in [7, 11) is 1.59. The fourth-order valence-electron chi connectivity index (χ4n) is 2.99. The predicted molar refractivity (Wildman–Crippen MR) is 104 cm³/mol. The van der Waals surface area contributed by atoms with Crippen LogP contribution in [-0.4, -0.2) is 30.0 Å². The van der Waals surface area contributed by atoms with Crippen LogP contribution in [0.2, 0.25) is 0 Å². The highest BCUT2D eigenvalue weighted by Gasteiger charge is 2.30. The van der Waals surface area contributed by atoms with E-state index in [0.717, 1.165) is 17.5 Å². The molecule has 0 atom stereocenters. The zero-order valence-electron chi connectivity index (χ0n) is 15.1. The Morgan fingerprint density at radius 1 is 1.23 bits per heavy atom. The second kappa shape index (κ2) is 7.00. The number of amides is 1. The van der Waals surface area contributed by atoms with Gasteiger partial charge in [-0.15, -0.1) is 0 Å². The maximum absolute atomic E-state index is 12.1. The molecule has 134 valence electrons. The number of carbonyl (C=O) groups excluding carboxylic acids is 1. The number of ether oxygens (including phenoxy) is 1. The molecule has 0 unspecified atom stereocenters. The van der Waals surface area contributed by atoms with Crippen LogP contribution in [0.4, 0.5) is 5.69 Å². The SMILES string of the molecule is COc1cccc(NN=C(C(N)=O)C2=NC(C)(C)Cc3ccccc32)c1. The van der Waals surface area contributed by atoms with Crippen LogP contribution in [0.3, 0.4) is 0 Å². The number of anilines is 1. The number of nitrogens with one attached hydrogen (secondary N) is 1. The number of aliphatic imine (C=N–C) groups is 1. The Morgan fingerprint density at radius 2 is 2.00 bits per heavy atom. The number of carbonyl (C=O) groups is 1. The average molecular weight is 350 g/mol. The topological polar surface area (TPSA) is 89.1 Å². The lowest BCUT2D eigenvalue weighted by Gasteiger charge is -2.28. The molecule has 0 aromatic heterocycles. The number of methoxy groups -OCH3 is 1. The van der Waals surface area contributed by atoms with E-state index >= 15 is 0 Å². The second-order valence-electron chi connectivity index (χ2n) is 6.78. The first-order chi connectivity index (χ1) is 12.4. The number of hydrogen-bond acceptors (Lipinski definition) is 5. The van der Waals surface area contributed by atoms with Gasteiger partial charge in [-0.05, 0) is 38.0 Å². The first-order valence-electron chi connectivity index (χ1n) is 8.36. The predicted octanol–water partition coefficient (Wildman–Crippen LogP) is 2.77. The van der Waals surface area contributed by atoms with Crippen LogP contribution in [0.25, 0.3) is 0 Å². The van der Waals surface area contributed by atoms with Gasteiger partial charge in [-0.2, -0.15) is 5.10 Å². The van der Waals surface area contributed by atoms with Crippen molar-refractivity contribution in [2.24, 2.45) is 15.8 Å². The number of rotatable bonds is 5. The molecule has 0 spiro atoms. The third-order valence-corrected chi connectivity index (χ3v) is 4.13. The average Bonchev–Trinajstić information content (AvgIpc) is 2.60. The van der Waals surface area contributed by atoms with Gasteiger partial charge in [-0.25, -0.2) is 0 Å². The van der Waals surface area contributed by atoms with E-state index in [4.69, 9.17) is 15.5 Å². The molecule has 3 N–H and O–H groups in total. The summed E-state index contributed by atoms with van der Waals surface area (Å²) < 4.78 is 5.20. The van der Waals surface area contributed by atoms with Crippen LogP contribution in [0.1, 0.15) is 25.0 Å². The lowest BCUT2D eigenvalue weighted by molar-refractivity contribution is -0.111. The molecule has 6 nitrogen and oxygen atoms in total. The molecule has 0 aliphatic carbocycles. The summed E-state index contributed by atoms with van der Waals surface area (Å²) in [5.41, 5.74) is 11.5. The van der Waals surface area contributed by atoms with Crippen molar-refractivity contribution >= 4 is 23.0 Å². The van der Waals surface area contributed by atoms with Gasteiger partial charge < -0.3 is 10.5 Å². The van der Waals surface area contributed by atoms with E-state index in [2.05, 4.69) is 10.5 Å². The zero-order chi connectivity index (χ0) is 18.7. The molecular weight excluding hydrogens is 328 g/mol. The molecule has 26 heavy (non-hydrogen) atoms. The fraction of sp³-hybridized carbons (Fsp3) is 0.250. The lowest BCUT2D eigenvalue weighted by atomic mass is 9.85. The van der Waals surface area contributed by atoms with Gasteiger partial charge in [0, 0.05) is 11.6 Å². The molecule has 0 saturated carbocycles. The Hall–Kier alpha value is -3.15. The monoisotopic (exact) mass is 350 g/mol. The van der Waals surface area contributed by atoms with Gasteiger partial charge in [0.05, 0.1) is 24.0 Å². The summed E-state index contributed by atoms with van der Waals surface area (Å²) >= 11 is 0. The van der Waals surface area contributed by atoms with Crippen molar-refractivity contribution in [3.05, 3.63) is 59.7 Å². The molecule has 2 aromatic rings. The van der Waals surface area contributed by atoms with E-state index < -0.39 is 5.91 Å². The van der Waals surface area contributed by atoms with Crippen molar-refractivity contribution in [1.29, 1.82) is 0 Å². The highest BCUT2D eigenvalue weighted by molar-refractivity contribution is 6.70. The second-order valence-corrected chi connectivity index (χ2v) is 6.78. The first kappa shape index (κ1) is 17.7. The summed E-state index contributed by atoms with van der Waals surface area (Å²) in [4.78, 5) is 16.9. The van der Waals surface area contributed by atoms with E-state index in [0.29, 0.717) is 17.1 Å². The summed E-state index contributed by atoms with van der Waals surface area (Å²) in [5, 5.41) is 4.26. The summed E-state index contributed by atoms with van der Waals surface area (Å²) in [6.45, 7) is 4.05. The third-order valence-electron chi connectivity index (χ3n) is 4.13. The number of fused-ring (bicyclic) bond motifs is 1. The molecule has 6 heteroatoms. The zero-order valence-corrected chi connectivity index (χ0v) is 15.1. The van der Waals surface area contributed by atoms with Crippen LogP contribution in [0.15, 0.2) is 58.6 Å². The molecular formula is C20H22N4O2. The van der Waals surface area contributed by atoms with Crippen LogP contribution in [0.5, 0.6) is 5.75 Å². The fourth-order valence-corrected chi connectivity index (χ4v) is 2.99. The van der Waals surface area contributed by atoms with E-state index in [-0.39, 0.29) is 11.3 Å². The maximum atomic E-state index is 12.1. The van der Waals surface area contributed by atoms with Gasteiger partial charge in [0.15, 0.2) is 5.71 Å². The molecule has 1 aliphatic heterocycles. The van der Waals surface area contributed by atoms with Crippen LogP contribution in [0, 0.1) is 0 Å². The third kappa shape index (κ3) is 3.74. The normalized spacial score (nSPS) is 15.7. The van der Waals surface area contributed by atoms with Gasteiger partial charge in [0.25, 0.3) is 5.91 Å². The number of primary amides is 1. The van der Waals surface area contributed by atoms with Crippen molar-refractivity contribution in [3.8, 4) is 5.75 Å². The minimum absolute atomic E-state index is 0.105. The lowest BCUT2D eigenvalue weighted by Crippen LogP contribution is -2.38. The van der Waals surface area contributed by atoms with Gasteiger partial charge in [-0.3, -0.25) is 15.2 Å². The van der Waals surface area contributed by atoms with Crippen LogP contribution < -0.4 is 15.9 Å². The largest absolute Gasteiger partial charge is 0.497 e. The van der Waals surface area contributed by atoms with Crippen molar-refractivity contribution in [2.45, 2.75) is 25.8 Å². The minimum atomic E-state index is -0.633. The summed E-state index contributed by atoms with van der Waals surface area (Å²) in [6, 6.07) is 15.1. The molecule has 1 heterocycles. The summed E-state index contributed by atoms with van der Waals surface area (Å²) in [5.74, 6) is 0.0546. The van der Waals surface area contributed by atoms with E-state index in [1.807, 2.05) is 56.3 Å². The molecule has 1 amide bonds. The standard InChI is InChI=1S/C20H22N4O2/c1-20(2)12-13-7-4-5-10-16(13)17(22-20)18(19(21)25)24-23-14-8-6-9-15(11-14)26-3/h4-11,23H,12H2,1-3H3,(H2,21,25). The number of benzene rings is 2. The Labute approximate surface area is 152 Å². The smallest absolute Gasteiger partial charge is 0.271 e. The van der Waals surface area contributed by atoms with Gasteiger partial charge in [0.2, 0.25) is 0 Å². The highest BCUT2D eigenvalue weighted by atomic mass is 16.5. The molecule has 1 aliphatic rings. The highest BCUT2D eigenvalue weighted by Crippen LogP contribution is 2.27. The molecule has 3 rings (SSSR count). The molecule has 0 radical (unpaired) electrons.